The number of aromatic nitrogens is 3. The first-order chi connectivity index (χ1) is 16.2. The van der Waals surface area contributed by atoms with Crippen LogP contribution in [0.3, 0.4) is 0 Å². The van der Waals surface area contributed by atoms with Gasteiger partial charge in [-0.25, -0.2) is 0 Å². The van der Waals surface area contributed by atoms with E-state index in [0.29, 0.717) is 33.3 Å². The molecule has 2 aliphatic heterocycles. The molecule has 0 fully saturated rings. The van der Waals surface area contributed by atoms with Gasteiger partial charge in [0.05, 0.1) is 0 Å². The molecule has 1 unspecified atom stereocenters. The van der Waals surface area contributed by atoms with Crippen LogP contribution >= 0.6 is 23.4 Å². The van der Waals surface area contributed by atoms with E-state index in [4.69, 9.17) is 30.8 Å². The number of fused-ring (bicyclic) bond motifs is 4. The summed E-state index contributed by atoms with van der Waals surface area (Å²) >= 11 is 7.47. The molecule has 0 bridgehead atoms. The van der Waals surface area contributed by atoms with E-state index in [-0.39, 0.29) is 6.79 Å². The third-order valence-electron chi connectivity index (χ3n) is 5.31. The number of rotatable bonds is 4. The van der Waals surface area contributed by atoms with Crippen LogP contribution in [0.1, 0.15) is 17.4 Å². The number of hydrogen-bond donors (Lipinski definition) is 1. The Bertz CT molecular complexity index is 1340. The minimum atomic E-state index is -0.493. The predicted molar refractivity (Wildman–Crippen MR) is 126 cm³/mol. The zero-order valence-corrected chi connectivity index (χ0v) is 18.8. The lowest BCUT2D eigenvalue weighted by Gasteiger charge is -2.19. The molecule has 0 saturated carbocycles. The third-order valence-corrected chi connectivity index (χ3v) is 6.47. The van der Waals surface area contributed by atoms with Crippen molar-refractivity contribution in [3.63, 3.8) is 0 Å². The monoisotopic (exact) mass is 476 g/mol. The Morgan fingerprint density at radius 2 is 1.82 bits per heavy atom. The first kappa shape index (κ1) is 20.1. The average Bonchev–Trinajstić information content (AvgIpc) is 3.25. The zero-order chi connectivity index (χ0) is 22.2. The standard InChI is InChI=1S/C24H17ClN4O3S/c25-16-8-5-14(6-9-16)12-33-24-27-23-21(28-29-24)17-3-1-2-4-18(17)26-22(32-23)15-7-10-19-20(11-15)31-13-30-19/h1-11,22,26H,12-13H2. The van der Waals surface area contributed by atoms with Crippen molar-refractivity contribution in [2.75, 3.05) is 12.1 Å². The largest absolute Gasteiger partial charge is 0.454 e. The lowest BCUT2D eigenvalue weighted by atomic mass is 10.1. The molecule has 0 saturated heterocycles. The maximum Gasteiger partial charge on any atom is 0.247 e. The summed E-state index contributed by atoms with van der Waals surface area (Å²) < 4.78 is 17.3. The van der Waals surface area contributed by atoms with Crippen molar-refractivity contribution >= 4 is 29.1 Å². The highest BCUT2D eigenvalue weighted by molar-refractivity contribution is 7.98. The molecule has 6 rings (SSSR count). The van der Waals surface area contributed by atoms with E-state index in [1.54, 1.807) is 0 Å². The van der Waals surface area contributed by atoms with Crippen LogP contribution in [0.4, 0.5) is 5.69 Å². The van der Waals surface area contributed by atoms with Crippen LogP contribution in [0.15, 0.2) is 71.9 Å². The van der Waals surface area contributed by atoms with Crippen LogP contribution in [0.25, 0.3) is 11.3 Å². The molecule has 1 aromatic heterocycles. The van der Waals surface area contributed by atoms with Gasteiger partial charge in [-0.15, -0.1) is 10.2 Å². The van der Waals surface area contributed by atoms with Crippen LogP contribution in [-0.2, 0) is 5.75 Å². The summed E-state index contributed by atoms with van der Waals surface area (Å²) in [5.41, 5.74) is 4.36. The van der Waals surface area contributed by atoms with E-state index >= 15 is 0 Å². The second kappa shape index (κ2) is 8.46. The quantitative estimate of drug-likeness (QED) is 0.375. The smallest absolute Gasteiger partial charge is 0.247 e. The molecule has 7 nitrogen and oxygen atoms in total. The van der Waals surface area contributed by atoms with E-state index in [9.17, 15) is 0 Å². The van der Waals surface area contributed by atoms with E-state index in [0.717, 1.165) is 28.1 Å². The molecule has 3 aromatic carbocycles. The van der Waals surface area contributed by atoms with Crippen LogP contribution in [-0.4, -0.2) is 22.0 Å². The van der Waals surface area contributed by atoms with Crippen molar-refractivity contribution in [1.29, 1.82) is 0 Å². The molecule has 0 aliphatic carbocycles. The second-order valence-electron chi connectivity index (χ2n) is 7.46. The summed E-state index contributed by atoms with van der Waals surface area (Å²) in [6.45, 7) is 0.217. The Kier molecular flexibility index (Phi) is 5.16. The molecule has 33 heavy (non-hydrogen) atoms. The molecule has 0 amide bonds. The van der Waals surface area contributed by atoms with Crippen molar-refractivity contribution < 1.29 is 14.2 Å². The predicted octanol–water partition coefficient (Wildman–Crippen LogP) is 5.72. The molecular weight excluding hydrogens is 460 g/mol. The van der Waals surface area contributed by atoms with Gasteiger partial charge >= 0.3 is 0 Å². The van der Waals surface area contributed by atoms with Gasteiger partial charge in [0, 0.05) is 27.6 Å². The molecule has 0 spiro atoms. The fourth-order valence-corrected chi connectivity index (χ4v) is 4.52. The molecule has 164 valence electrons. The number of hydrogen-bond acceptors (Lipinski definition) is 8. The Balaban J connectivity index is 1.33. The minimum Gasteiger partial charge on any atom is -0.454 e. The van der Waals surface area contributed by atoms with E-state index in [1.807, 2.05) is 66.7 Å². The van der Waals surface area contributed by atoms with Gasteiger partial charge in [0.1, 0.15) is 0 Å². The van der Waals surface area contributed by atoms with Crippen molar-refractivity contribution in [2.24, 2.45) is 0 Å². The van der Waals surface area contributed by atoms with Gasteiger partial charge in [0.2, 0.25) is 17.8 Å². The number of benzene rings is 3. The highest BCUT2D eigenvalue weighted by Gasteiger charge is 2.27. The van der Waals surface area contributed by atoms with Crippen molar-refractivity contribution in [3.05, 3.63) is 82.9 Å². The molecule has 1 atom stereocenters. The van der Waals surface area contributed by atoms with E-state index in [2.05, 4.69) is 15.5 Å². The Morgan fingerprint density at radius 3 is 2.73 bits per heavy atom. The van der Waals surface area contributed by atoms with Gasteiger partial charge < -0.3 is 19.5 Å². The lowest BCUT2D eigenvalue weighted by molar-refractivity contribution is 0.173. The molecule has 9 heteroatoms. The van der Waals surface area contributed by atoms with Crippen LogP contribution in [0, 0.1) is 0 Å². The maximum atomic E-state index is 6.34. The maximum absolute atomic E-state index is 6.34. The summed E-state index contributed by atoms with van der Waals surface area (Å²) in [5, 5.41) is 13.5. The average molecular weight is 477 g/mol. The topological polar surface area (TPSA) is 78.4 Å². The fraction of sp³-hybridized carbons (Fsp3) is 0.125. The van der Waals surface area contributed by atoms with Gasteiger partial charge in [-0.1, -0.05) is 53.7 Å². The second-order valence-corrected chi connectivity index (χ2v) is 8.84. The van der Waals surface area contributed by atoms with Gasteiger partial charge in [0.25, 0.3) is 0 Å². The van der Waals surface area contributed by atoms with Crippen LogP contribution in [0.5, 0.6) is 17.4 Å². The molecule has 2 aliphatic rings. The highest BCUT2D eigenvalue weighted by atomic mass is 35.5. The fourth-order valence-electron chi connectivity index (χ4n) is 3.66. The lowest BCUT2D eigenvalue weighted by Crippen LogP contribution is -2.17. The van der Waals surface area contributed by atoms with Gasteiger partial charge in [-0.2, -0.15) is 4.98 Å². The van der Waals surface area contributed by atoms with Crippen molar-refractivity contribution in [2.45, 2.75) is 17.1 Å². The first-order valence-corrected chi connectivity index (χ1v) is 11.6. The minimum absolute atomic E-state index is 0.217. The molecule has 0 radical (unpaired) electrons. The molecule has 3 heterocycles. The Morgan fingerprint density at radius 1 is 0.970 bits per heavy atom. The first-order valence-electron chi connectivity index (χ1n) is 10.3. The summed E-state index contributed by atoms with van der Waals surface area (Å²) in [4.78, 5) is 4.70. The number of para-hydroxylation sites is 1. The van der Waals surface area contributed by atoms with E-state index < -0.39 is 6.23 Å². The summed E-state index contributed by atoms with van der Waals surface area (Å²) in [6.07, 6.45) is -0.493. The summed E-state index contributed by atoms with van der Waals surface area (Å²) in [7, 11) is 0. The van der Waals surface area contributed by atoms with E-state index in [1.165, 1.54) is 11.8 Å². The third kappa shape index (κ3) is 4.03. The summed E-state index contributed by atoms with van der Waals surface area (Å²) in [6, 6.07) is 21.3. The SMILES string of the molecule is Clc1ccc(CSc2nnc3c(n2)OC(c2ccc4c(c2)OCO4)Nc2ccccc2-3)cc1. The van der Waals surface area contributed by atoms with Crippen LogP contribution < -0.4 is 19.5 Å². The molecule has 4 aromatic rings. The Labute approximate surface area is 199 Å². The normalized spacial score (nSPS) is 15.6. The number of anilines is 1. The number of nitrogens with zero attached hydrogens (tertiary/aromatic N) is 3. The zero-order valence-electron chi connectivity index (χ0n) is 17.2. The molecule has 1 N–H and O–H groups in total. The van der Waals surface area contributed by atoms with Gasteiger partial charge in [-0.3, -0.25) is 0 Å². The number of halogens is 1. The summed E-state index contributed by atoms with van der Waals surface area (Å²) in [5.74, 6) is 2.52. The highest BCUT2D eigenvalue weighted by Crippen LogP contribution is 2.41. The van der Waals surface area contributed by atoms with Gasteiger partial charge in [-0.05, 0) is 42.0 Å². The Hall–Kier alpha value is -3.49. The van der Waals surface area contributed by atoms with Crippen molar-refractivity contribution in [3.8, 4) is 28.6 Å². The number of ether oxygens (including phenoxy) is 3. The van der Waals surface area contributed by atoms with Gasteiger partial charge in [0.15, 0.2) is 23.4 Å². The number of nitrogens with one attached hydrogen (secondary N) is 1. The molecular formula is C24H17ClN4O3S. The van der Waals surface area contributed by atoms with Crippen molar-refractivity contribution in [1.82, 2.24) is 15.2 Å². The number of thioether (sulfide) groups is 1. The van der Waals surface area contributed by atoms with Crippen LogP contribution in [0.2, 0.25) is 5.02 Å².